The molecule has 0 atom stereocenters. The van der Waals surface area contributed by atoms with Crippen LogP contribution in [-0.4, -0.2) is 14.3 Å². The van der Waals surface area contributed by atoms with Gasteiger partial charge in [0, 0.05) is 16.8 Å². The van der Waals surface area contributed by atoms with E-state index in [2.05, 4.69) is 15.2 Å². The molecule has 2 aromatic carbocycles. The van der Waals surface area contributed by atoms with E-state index in [0.29, 0.717) is 11.4 Å². The molecule has 0 radical (unpaired) electrons. The first-order chi connectivity index (χ1) is 11.6. The van der Waals surface area contributed by atoms with Crippen LogP contribution in [0.15, 0.2) is 58.6 Å². The van der Waals surface area contributed by atoms with E-state index in [-0.39, 0.29) is 16.5 Å². The normalized spacial score (nSPS) is 11.6. The Morgan fingerprint density at radius 2 is 1.60 bits per heavy atom. The maximum absolute atomic E-state index is 12.3. The average molecular weight is 361 g/mol. The highest BCUT2D eigenvalue weighted by Crippen LogP contribution is 2.22. The van der Waals surface area contributed by atoms with Crippen molar-refractivity contribution < 1.29 is 13.2 Å². The van der Waals surface area contributed by atoms with Crippen molar-refractivity contribution in [2.45, 2.75) is 25.7 Å². The molecular weight excluding hydrogens is 342 g/mol. The fraction of sp³-hybridized carbons (Fsp3) is 0.235. The molecular formula is C17H19N3O4S. The Labute approximate surface area is 146 Å². The molecule has 2 N–H and O–H groups in total. The zero-order valence-corrected chi connectivity index (χ0v) is 14.9. The van der Waals surface area contributed by atoms with Gasteiger partial charge in [0.05, 0.1) is 4.90 Å². The average Bonchev–Trinajstić information content (AvgIpc) is 2.55. The maximum atomic E-state index is 12.3. The van der Waals surface area contributed by atoms with Gasteiger partial charge in [0.25, 0.3) is 10.0 Å². The summed E-state index contributed by atoms with van der Waals surface area (Å²) < 4.78 is 27.1. The highest BCUT2D eigenvalue weighted by Gasteiger charge is 2.21. The Hall–Kier alpha value is -2.74. The summed E-state index contributed by atoms with van der Waals surface area (Å²) >= 11 is 0. The van der Waals surface area contributed by atoms with Crippen LogP contribution in [0, 0.1) is 10.3 Å². The lowest BCUT2D eigenvalue weighted by atomic mass is 9.95. The summed E-state index contributed by atoms with van der Waals surface area (Å²) in [6, 6.07) is 11.7. The van der Waals surface area contributed by atoms with Gasteiger partial charge >= 0.3 is 0 Å². The second-order valence-corrected chi connectivity index (χ2v) is 8.16. The minimum absolute atomic E-state index is 0.0307. The second kappa shape index (κ2) is 7.02. The van der Waals surface area contributed by atoms with Crippen LogP contribution in [0.1, 0.15) is 20.8 Å². The minimum atomic E-state index is -3.84. The first-order valence-electron chi connectivity index (χ1n) is 7.49. The molecule has 0 aliphatic rings. The molecule has 2 aromatic rings. The van der Waals surface area contributed by atoms with Gasteiger partial charge in [0.15, 0.2) is 0 Å². The lowest BCUT2D eigenvalue weighted by Gasteiger charge is -2.17. The molecule has 7 nitrogen and oxygen atoms in total. The number of anilines is 2. The van der Waals surface area contributed by atoms with Crippen LogP contribution in [0.4, 0.5) is 17.1 Å². The van der Waals surface area contributed by atoms with Crippen LogP contribution in [0.25, 0.3) is 0 Å². The number of sulfonamides is 1. The number of nitroso groups, excluding NO2 is 1. The number of carbonyl (C=O) groups excluding carboxylic acids is 1. The number of nitrogens with one attached hydrogen (secondary N) is 2. The largest absolute Gasteiger partial charge is 0.326 e. The summed E-state index contributed by atoms with van der Waals surface area (Å²) in [5, 5.41) is 5.48. The molecule has 0 heterocycles. The van der Waals surface area contributed by atoms with Crippen molar-refractivity contribution in [3.05, 3.63) is 53.4 Å². The zero-order valence-electron chi connectivity index (χ0n) is 14.1. The van der Waals surface area contributed by atoms with Crippen LogP contribution in [0.5, 0.6) is 0 Å². The number of nitrogens with zero attached hydrogens (tertiary/aromatic N) is 1. The number of benzene rings is 2. The van der Waals surface area contributed by atoms with Crippen molar-refractivity contribution >= 4 is 33.0 Å². The SMILES string of the molecule is CC(C)(C)C(=O)Nc1ccc(NS(=O)(=O)c2cccc(N=O)c2)cc1. The third kappa shape index (κ3) is 4.87. The summed E-state index contributed by atoms with van der Waals surface area (Å²) in [6.07, 6.45) is 0. The summed E-state index contributed by atoms with van der Waals surface area (Å²) in [5.74, 6) is -0.140. The minimum Gasteiger partial charge on any atom is -0.326 e. The lowest BCUT2D eigenvalue weighted by molar-refractivity contribution is -0.123. The molecule has 0 fully saturated rings. The predicted octanol–water partition coefficient (Wildman–Crippen LogP) is 3.87. The van der Waals surface area contributed by atoms with Gasteiger partial charge in [0.2, 0.25) is 5.91 Å². The lowest BCUT2D eigenvalue weighted by Crippen LogP contribution is -2.27. The molecule has 0 unspecified atom stereocenters. The van der Waals surface area contributed by atoms with Crippen molar-refractivity contribution in [2.24, 2.45) is 10.6 Å². The Bertz CT molecular complexity index is 885. The van der Waals surface area contributed by atoms with Crippen LogP contribution in [0.3, 0.4) is 0 Å². The van der Waals surface area contributed by atoms with Gasteiger partial charge in [-0.15, -0.1) is 4.91 Å². The predicted molar refractivity (Wildman–Crippen MR) is 97.2 cm³/mol. The third-order valence-electron chi connectivity index (χ3n) is 3.31. The molecule has 25 heavy (non-hydrogen) atoms. The second-order valence-electron chi connectivity index (χ2n) is 6.48. The van der Waals surface area contributed by atoms with E-state index < -0.39 is 15.4 Å². The van der Waals surface area contributed by atoms with Crippen LogP contribution >= 0.6 is 0 Å². The van der Waals surface area contributed by atoms with Crippen LogP contribution < -0.4 is 10.0 Å². The highest BCUT2D eigenvalue weighted by atomic mass is 32.2. The topological polar surface area (TPSA) is 105 Å². The number of hydrogen-bond acceptors (Lipinski definition) is 5. The summed E-state index contributed by atoms with van der Waals surface area (Å²) in [5.41, 5.74) is 0.397. The van der Waals surface area contributed by atoms with E-state index >= 15 is 0 Å². The van der Waals surface area contributed by atoms with E-state index in [0.717, 1.165) is 0 Å². The number of rotatable bonds is 5. The number of hydrogen-bond donors (Lipinski definition) is 2. The van der Waals surface area contributed by atoms with E-state index in [4.69, 9.17) is 0 Å². The van der Waals surface area contributed by atoms with Gasteiger partial charge in [-0.25, -0.2) is 8.42 Å². The Balaban J connectivity index is 2.15. The molecule has 0 aromatic heterocycles. The van der Waals surface area contributed by atoms with Gasteiger partial charge in [-0.05, 0) is 47.6 Å². The van der Waals surface area contributed by atoms with Gasteiger partial charge in [-0.3, -0.25) is 9.52 Å². The van der Waals surface area contributed by atoms with Crippen molar-refractivity contribution in [3.8, 4) is 0 Å². The zero-order chi connectivity index (χ0) is 18.7. The quantitative estimate of drug-likeness (QED) is 0.789. The van der Waals surface area contributed by atoms with E-state index in [1.807, 2.05) is 0 Å². The van der Waals surface area contributed by atoms with Gasteiger partial charge in [0.1, 0.15) is 5.69 Å². The molecule has 132 valence electrons. The van der Waals surface area contributed by atoms with E-state index in [9.17, 15) is 18.1 Å². The molecule has 1 amide bonds. The van der Waals surface area contributed by atoms with Crippen molar-refractivity contribution in [1.82, 2.24) is 0 Å². The smallest absolute Gasteiger partial charge is 0.261 e. The van der Waals surface area contributed by atoms with Crippen molar-refractivity contribution in [3.63, 3.8) is 0 Å². The van der Waals surface area contributed by atoms with E-state index in [1.165, 1.54) is 36.4 Å². The molecule has 2 rings (SSSR count). The first kappa shape index (κ1) is 18.6. The molecule has 0 aliphatic heterocycles. The standard InChI is InChI=1S/C17H19N3O4S/c1-17(2,3)16(21)18-12-7-9-13(10-8-12)20-25(23,24)15-6-4-5-14(11-15)19-22/h4-11,20H,1-3H3,(H,18,21). The monoisotopic (exact) mass is 361 g/mol. The third-order valence-corrected chi connectivity index (χ3v) is 4.69. The molecule has 0 spiro atoms. The van der Waals surface area contributed by atoms with Gasteiger partial charge < -0.3 is 5.32 Å². The Morgan fingerprint density at radius 1 is 1.00 bits per heavy atom. The number of carbonyl (C=O) groups is 1. The van der Waals surface area contributed by atoms with E-state index in [1.54, 1.807) is 32.9 Å². The summed E-state index contributed by atoms with van der Waals surface area (Å²) in [4.78, 5) is 22.4. The number of amides is 1. The highest BCUT2D eigenvalue weighted by molar-refractivity contribution is 7.92. The Kier molecular flexibility index (Phi) is 5.22. The van der Waals surface area contributed by atoms with Gasteiger partial charge in [-0.1, -0.05) is 26.8 Å². The molecule has 0 aliphatic carbocycles. The maximum Gasteiger partial charge on any atom is 0.261 e. The van der Waals surface area contributed by atoms with Crippen molar-refractivity contribution in [2.75, 3.05) is 10.0 Å². The fourth-order valence-corrected chi connectivity index (χ4v) is 2.96. The fourth-order valence-electron chi connectivity index (χ4n) is 1.86. The first-order valence-corrected chi connectivity index (χ1v) is 8.98. The summed E-state index contributed by atoms with van der Waals surface area (Å²) in [6.45, 7) is 5.40. The van der Waals surface area contributed by atoms with Crippen molar-refractivity contribution in [1.29, 1.82) is 0 Å². The molecule has 0 saturated carbocycles. The molecule has 0 bridgehead atoms. The summed E-state index contributed by atoms with van der Waals surface area (Å²) in [7, 11) is -3.84. The van der Waals surface area contributed by atoms with Gasteiger partial charge in [-0.2, -0.15) is 0 Å². The molecule has 8 heteroatoms. The molecule has 0 saturated heterocycles. The Morgan fingerprint density at radius 3 is 2.16 bits per heavy atom. The van der Waals surface area contributed by atoms with Crippen LogP contribution in [0.2, 0.25) is 0 Å². The van der Waals surface area contributed by atoms with Crippen LogP contribution in [-0.2, 0) is 14.8 Å².